The molecule has 7 heteroatoms. The predicted molar refractivity (Wildman–Crippen MR) is 82.6 cm³/mol. The van der Waals surface area contributed by atoms with Gasteiger partial charge in [0.1, 0.15) is 0 Å². The minimum absolute atomic E-state index is 0.0926. The van der Waals surface area contributed by atoms with Crippen molar-refractivity contribution in [3.63, 3.8) is 0 Å². The number of rotatable bonds is 8. The van der Waals surface area contributed by atoms with E-state index in [2.05, 4.69) is 0 Å². The van der Waals surface area contributed by atoms with E-state index in [1.54, 1.807) is 0 Å². The summed E-state index contributed by atoms with van der Waals surface area (Å²) >= 11 is 0. The number of hydrogen-bond donors (Lipinski definition) is 1. The number of amides is 1. The van der Waals surface area contributed by atoms with E-state index < -0.39 is 15.8 Å². The van der Waals surface area contributed by atoms with Gasteiger partial charge >= 0.3 is 5.97 Å². The second-order valence-corrected chi connectivity index (χ2v) is 7.18. The van der Waals surface area contributed by atoms with Crippen LogP contribution in [-0.2, 0) is 14.6 Å². The van der Waals surface area contributed by atoms with Crippen molar-refractivity contribution in [3.8, 4) is 0 Å². The highest BCUT2D eigenvalue weighted by atomic mass is 32.2. The summed E-state index contributed by atoms with van der Waals surface area (Å²) in [6.07, 6.45) is 1.26. The Morgan fingerprint density at radius 1 is 1.18 bits per heavy atom. The van der Waals surface area contributed by atoms with Crippen molar-refractivity contribution in [1.29, 1.82) is 0 Å². The molecule has 1 aromatic rings. The van der Waals surface area contributed by atoms with Crippen molar-refractivity contribution in [3.05, 3.63) is 29.8 Å². The Balaban J connectivity index is 2.80. The first-order valence-corrected chi connectivity index (χ1v) is 8.73. The predicted octanol–water partition coefficient (Wildman–Crippen LogP) is 1.81. The summed E-state index contributed by atoms with van der Waals surface area (Å²) < 4.78 is 24.0. The molecule has 0 aliphatic heterocycles. The molecule has 1 aromatic carbocycles. The molecule has 0 aliphatic carbocycles. The summed E-state index contributed by atoms with van der Waals surface area (Å²) in [7, 11) is -1.80. The van der Waals surface area contributed by atoms with Crippen LogP contribution in [-0.4, -0.2) is 49.6 Å². The van der Waals surface area contributed by atoms with E-state index in [1.165, 1.54) is 36.2 Å². The van der Waals surface area contributed by atoms with Gasteiger partial charge < -0.3 is 10.0 Å². The van der Waals surface area contributed by atoms with Gasteiger partial charge in [0.25, 0.3) is 5.91 Å². The molecular formula is C15H21NO5S. The van der Waals surface area contributed by atoms with Crippen molar-refractivity contribution in [1.82, 2.24) is 4.90 Å². The highest BCUT2D eigenvalue weighted by molar-refractivity contribution is 7.91. The Kier molecular flexibility index (Phi) is 6.55. The van der Waals surface area contributed by atoms with Crippen molar-refractivity contribution < 1.29 is 23.1 Å². The van der Waals surface area contributed by atoms with Gasteiger partial charge in [-0.3, -0.25) is 9.59 Å². The zero-order chi connectivity index (χ0) is 16.8. The number of hydrogen-bond acceptors (Lipinski definition) is 4. The summed E-state index contributed by atoms with van der Waals surface area (Å²) in [4.78, 5) is 24.1. The maximum absolute atomic E-state index is 12.1. The van der Waals surface area contributed by atoms with Crippen molar-refractivity contribution in [2.75, 3.05) is 19.3 Å². The molecule has 0 bridgehead atoms. The van der Waals surface area contributed by atoms with Crippen molar-refractivity contribution in [2.45, 2.75) is 31.1 Å². The number of carbonyl (C=O) groups is 2. The van der Waals surface area contributed by atoms with Crippen LogP contribution in [0.4, 0.5) is 0 Å². The van der Waals surface area contributed by atoms with Crippen LogP contribution in [0.15, 0.2) is 29.2 Å². The summed E-state index contributed by atoms with van der Waals surface area (Å²) in [5, 5.41) is 8.61. The van der Waals surface area contributed by atoms with Gasteiger partial charge in [0.05, 0.1) is 17.1 Å². The van der Waals surface area contributed by atoms with Crippen molar-refractivity contribution in [2.24, 2.45) is 0 Å². The van der Waals surface area contributed by atoms with E-state index in [-0.39, 0.29) is 29.5 Å². The molecule has 122 valence electrons. The van der Waals surface area contributed by atoms with E-state index in [0.717, 1.165) is 6.42 Å². The van der Waals surface area contributed by atoms with Crippen LogP contribution >= 0.6 is 0 Å². The van der Waals surface area contributed by atoms with E-state index in [4.69, 9.17) is 5.11 Å². The summed E-state index contributed by atoms with van der Waals surface area (Å²) in [5.74, 6) is -1.22. The van der Waals surface area contributed by atoms with Gasteiger partial charge in [-0.25, -0.2) is 8.42 Å². The van der Waals surface area contributed by atoms with Gasteiger partial charge in [0.15, 0.2) is 9.84 Å². The van der Waals surface area contributed by atoms with Crippen LogP contribution < -0.4 is 0 Å². The third-order valence-electron chi connectivity index (χ3n) is 3.23. The molecule has 1 amide bonds. The van der Waals surface area contributed by atoms with Crippen LogP contribution in [0, 0.1) is 0 Å². The normalized spacial score (nSPS) is 11.2. The van der Waals surface area contributed by atoms with Gasteiger partial charge in [-0.1, -0.05) is 13.3 Å². The average molecular weight is 327 g/mol. The lowest BCUT2D eigenvalue weighted by atomic mass is 10.2. The molecule has 0 saturated carbocycles. The summed E-state index contributed by atoms with van der Waals surface area (Å²) in [5.41, 5.74) is 0.335. The quantitative estimate of drug-likeness (QED) is 0.786. The molecule has 0 aromatic heterocycles. The third-order valence-corrected chi connectivity index (χ3v) is 5.05. The lowest BCUT2D eigenvalue weighted by Crippen LogP contribution is -2.29. The van der Waals surface area contributed by atoms with E-state index in [1.807, 2.05) is 6.92 Å². The zero-order valence-electron chi connectivity index (χ0n) is 12.8. The first-order chi connectivity index (χ1) is 10.3. The molecule has 0 aliphatic rings. The van der Waals surface area contributed by atoms with Gasteiger partial charge in [-0.05, 0) is 30.7 Å². The first kappa shape index (κ1) is 18.2. The molecule has 0 saturated heterocycles. The molecule has 1 N–H and O–H groups in total. The van der Waals surface area contributed by atoms with E-state index >= 15 is 0 Å². The number of carboxylic acids is 1. The molecule has 0 heterocycles. The van der Waals surface area contributed by atoms with Crippen molar-refractivity contribution >= 4 is 21.7 Å². The Labute approximate surface area is 130 Å². The van der Waals surface area contributed by atoms with E-state index in [9.17, 15) is 18.0 Å². The van der Waals surface area contributed by atoms with Gasteiger partial charge in [-0.2, -0.15) is 0 Å². The molecular weight excluding hydrogens is 306 g/mol. The first-order valence-electron chi connectivity index (χ1n) is 7.08. The standard InChI is InChI=1S/C15H21NO5S/c1-3-4-11-22(20,21)13-7-5-12(6-8-13)15(19)16(2)10-9-14(17)18/h5-8H,3-4,9-11H2,1-2H3,(H,17,18). The summed E-state index contributed by atoms with van der Waals surface area (Å²) in [6.45, 7) is 2.02. The number of sulfone groups is 1. The molecule has 22 heavy (non-hydrogen) atoms. The molecule has 0 radical (unpaired) electrons. The maximum Gasteiger partial charge on any atom is 0.305 e. The Morgan fingerprint density at radius 3 is 2.27 bits per heavy atom. The molecule has 0 atom stereocenters. The Hall–Kier alpha value is -1.89. The fourth-order valence-electron chi connectivity index (χ4n) is 1.84. The van der Waals surface area contributed by atoms with Crippen LogP contribution in [0.5, 0.6) is 0 Å². The third kappa shape index (κ3) is 5.14. The average Bonchev–Trinajstić information content (AvgIpc) is 2.50. The number of carbonyl (C=O) groups excluding carboxylic acids is 1. The number of unbranched alkanes of at least 4 members (excludes halogenated alkanes) is 1. The maximum atomic E-state index is 12.1. The molecule has 0 unspecified atom stereocenters. The Morgan fingerprint density at radius 2 is 1.77 bits per heavy atom. The summed E-state index contributed by atoms with van der Waals surface area (Å²) in [6, 6.07) is 5.75. The number of benzene rings is 1. The molecule has 1 rings (SSSR count). The smallest absolute Gasteiger partial charge is 0.305 e. The SMILES string of the molecule is CCCCS(=O)(=O)c1ccc(C(=O)N(C)CCC(=O)O)cc1. The highest BCUT2D eigenvalue weighted by Gasteiger charge is 2.16. The lowest BCUT2D eigenvalue weighted by molar-refractivity contribution is -0.137. The van der Waals surface area contributed by atoms with Gasteiger partial charge in [0, 0.05) is 19.2 Å². The second-order valence-electron chi connectivity index (χ2n) is 5.07. The largest absolute Gasteiger partial charge is 0.481 e. The Bertz CT molecular complexity index is 622. The van der Waals surface area contributed by atoms with Crippen LogP contribution in [0.2, 0.25) is 0 Å². The van der Waals surface area contributed by atoms with Gasteiger partial charge in [-0.15, -0.1) is 0 Å². The second kappa shape index (κ2) is 7.93. The fourth-order valence-corrected chi connectivity index (χ4v) is 3.30. The minimum atomic E-state index is -3.31. The van der Waals surface area contributed by atoms with Crippen LogP contribution in [0.25, 0.3) is 0 Å². The topological polar surface area (TPSA) is 91.8 Å². The fraction of sp³-hybridized carbons (Fsp3) is 0.467. The van der Waals surface area contributed by atoms with Crippen LogP contribution in [0.1, 0.15) is 36.5 Å². The lowest BCUT2D eigenvalue weighted by Gasteiger charge is -2.16. The number of nitrogens with zero attached hydrogens (tertiary/aromatic N) is 1. The highest BCUT2D eigenvalue weighted by Crippen LogP contribution is 2.15. The zero-order valence-corrected chi connectivity index (χ0v) is 13.6. The molecule has 6 nitrogen and oxygen atoms in total. The van der Waals surface area contributed by atoms with Crippen LogP contribution in [0.3, 0.4) is 0 Å². The van der Waals surface area contributed by atoms with E-state index in [0.29, 0.717) is 12.0 Å². The minimum Gasteiger partial charge on any atom is -0.481 e. The molecule has 0 fully saturated rings. The monoisotopic (exact) mass is 327 g/mol. The van der Waals surface area contributed by atoms with Gasteiger partial charge in [0.2, 0.25) is 0 Å². The number of carboxylic acid groups (broad SMARTS) is 1. The number of aliphatic carboxylic acids is 1. The molecule has 0 spiro atoms.